The fourth-order valence-corrected chi connectivity index (χ4v) is 3.03. The molecule has 3 aromatic rings. The third kappa shape index (κ3) is 6.03. The molecule has 2 N–H and O–H groups in total. The molecule has 0 radical (unpaired) electrons. The van der Waals surface area contributed by atoms with E-state index >= 15 is 0 Å². The number of ketones is 1. The lowest BCUT2D eigenvalue weighted by molar-refractivity contribution is -0.147. The number of phenolic OH excluding ortho intramolecular Hbond substituents is 1. The summed E-state index contributed by atoms with van der Waals surface area (Å²) in [6.07, 6.45) is 0.295. The molecule has 0 aliphatic rings. The van der Waals surface area contributed by atoms with Gasteiger partial charge in [-0.3, -0.25) is 14.9 Å². The Hall–Kier alpha value is -3.44. The lowest BCUT2D eigenvalue weighted by Gasteiger charge is -2.18. The van der Waals surface area contributed by atoms with Gasteiger partial charge in [-0.15, -0.1) is 0 Å². The molecule has 0 aliphatic heterocycles. The average molecular weight is 403 g/mol. The van der Waals surface area contributed by atoms with Crippen molar-refractivity contribution in [2.24, 2.45) is 0 Å². The van der Waals surface area contributed by atoms with Crippen LogP contribution in [0.15, 0.2) is 78.9 Å². The first-order valence-corrected chi connectivity index (χ1v) is 9.83. The van der Waals surface area contributed by atoms with Gasteiger partial charge in [-0.1, -0.05) is 72.8 Å². The van der Waals surface area contributed by atoms with Crippen molar-refractivity contribution >= 4 is 11.8 Å². The summed E-state index contributed by atoms with van der Waals surface area (Å²) in [4.78, 5) is 25.2. The number of Topliss-reactive ketones (excluding diaryl/α,β-unsaturated/α-hetero) is 1. The summed E-state index contributed by atoms with van der Waals surface area (Å²) in [5.41, 5.74) is 3.00. The molecule has 0 aliphatic carbocycles. The van der Waals surface area contributed by atoms with Crippen molar-refractivity contribution in [2.45, 2.75) is 26.0 Å². The number of hydrogen-bond acceptors (Lipinski definition) is 5. The molecule has 0 unspecified atom stereocenters. The van der Waals surface area contributed by atoms with Gasteiger partial charge in [0.15, 0.2) is 5.78 Å². The molecule has 0 aromatic heterocycles. The highest BCUT2D eigenvalue weighted by Crippen LogP contribution is 2.19. The fourth-order valence-electron chi connectivity index (χ4n) is 3.03. The van der Waals surface area contributed by atoms with Crippen molar-refractivity contribution in [2.75, 3.05) is 6.54 Å². The maximum absolute atomic E-state index is 12.8. The second-order valence-electron chi connectivity index (χ2n) is 7.14. The van der Waals surface area contributed by atoms with Gasteiger partial charge in [0, 0.05) is 5.56 Å². The van der Waals surface area contributed by atoms with E-state index < -0.39 is 12.0 Å². The van der Waals surface area contributed by atoms with Crippen molar-refractivity contribution in [1.29, 1.82) is 0 Å². The van der Waals surface area contributed by atoms with Gasteiger partial charge in [-0.25, -0.2) is 0 Å². The van der Waals surface area contributed by atoms with Crippen LogP contribution in [0, 0.1) is 6.92 Å². The first-order chi connectivity index (χ1) is 14.5. The van der Waals surface area contributed by atoms with Crippen LogP contribution in [0.25, 0.3) is 0 Å². The van der Waals surface area contributed by atoms with Gasteiger partial charge in [0.25, 0.3) is 0 Å². The zero-order valence-corrected chi connectivity index (χ0v) is 16.9. The molecule has 0 saturated heterocycles. The van der Waals surface area contributed by atoms with E-state index in [9.17, 15) is 14.7 Å². The van der Waals surface area contributed by atoms with Crippen LogP contribution in [0.5, 0.6) is 5.75 Å². The van der Waals surface area contributed by atoms with Crippen LogP contribution in [-0.4, -0.2) is 29.4 Å². The number of carbonyl (C=O) groups excluding carboxylic acids is 2. The molecule has 0 heterocycles. The van der Waals surface area contributed by atoms with Gasteiger partial charge in [-0.2, -0.15) is 0 Å². The predicted octanol–water partition coefficient (Wildman–Crippen LogP) is 3.83. The monoisotopic (exact) mass is 403 g/mol. The van der Waals surface area contributed by atoms with Crippen molar-refractivity contribution in [3.8, 4) is 5.75 Å². The SMILES string of the molecule is Cc1ccc(C[C@H](NCC(=O)c2ccccc2)C(=O)OCc2ccccc2)cc1O. The number of aromatic hydroxyl groups is 1. The number of carbonyl (C=O) groups is 2. The number of nitrogens with one attached hydrogen (secondary N) is 1. The Labute approximate surface area is 176 Å². The summed E-state index contributed by atoms with van der Waals surface area (Å²) in [5, 5.41) is 13.0. The van der Waals surface area contributed by atoms with E-state index in [0.717, 1.165) is 16.7 Å². The van der Waals surface area contributed by atoms with Gasteiger partial charge in [-0.05, 0) is 36.1 Å². The zero-order chi connectivity index (χ0) is 21.3. The van der Waals surface area contributed by atoms with E-state index in [0.29, 0.717) is 12.0 Å². The number of ether oxygens (including phenoxy) is 1. The Bertz CT molecular complexity index is 987. The molecule has 0 fully saturated rings. The van der Waals surface area contributed by atoms with Crippen LogP contribution in [0.1, 0.15) is 27.0 Å². The van der Waals surface area contributed by atoms with E-state index in [1.165, 1.54) is 0 Å². The number of esters is 1. The minimum atomic E-state index is -0.719. The summed E-state index contributed by atoms with van der Waals surface area (Å²) >= 11 is 0. The van der Waals surface area contributed by atoms with Crippen molar-refractivity contribution < 1.29 is 19.4 Å². The smallest absolute Gasteiger partial charge is 0.323 e. The maximum atomic E-state index is 12.8. The van der Waals surface area contributed by atoms with Crippen LogP contribution in [-0.2, 0) is 22.6 Å². The Morgan fingerprint density at radius 1 is 0.933 bits per heavy atom. The van der Waals surface area contributed by atoms with Gasteiger partial charge < -0.3 is 9.84 Å². The van der Waals surface area contributed by atoms with E-state index in [1.54, 1.807) is 36.4 Å². The molecular weight excluding hydrogens is 378 g/mol. The first-order valence-electron chi connectivity index (χ1n) is 9.83. The van der Waals surface area contributed by atoms with Crippen LogP contribution in [0.2, 0.25) is 0 Å². The minimum Gasteiger partial charge on any atom is -0.508 e. The number of hydrogen-bond donors (Lipinski definition) is 2. The van der Waals surface area contributed by atoms with E-state index in [1.807, 2.05) is 49.4 Å². The maximum Gasteiger partial charge on any atom is 0.323 e. The summed E-state index contributed by atoms with van der Waals surface area (Å²) < 4.78 is 5.48. The number of rotatable bonds is 9. The molecule has 30 heavy (non-hydrogen) atoms. The lowest BCUT2D eigenvalue weighted by Crippen LogP contribution is -2.42. The van der Waals surface area contributed by atoms with Gasteiger partial charge >= 0.3 is 5.97 Å². The summed E-state index contributed by atoms with van der Waals surface area (Å²) in [6, 6.07) is 22.9. The predicted molar refractivity (Wildman–Crippen MR) is 115 cm³/mol. The fraction of sp³-hybridized carbons (Fsp3) is 0.200. The molecule has 3 aromatic carbocycles. The molecule has 0 spiro atoms. The third-order valence-corrected chi connectivity index (χ3v) is 4.83. The van der Waals surface area contributed by atoms with Gasteiger partial charge in [0.2, 0.25) is 0 Å². The second kappa shape index (κ2) is 10.4. The molecule has 0 amide bonds. The highest BCUT2D eigenvalue weighted by molar-refractivity contribution is 5.97. The van der Waals surface area contributed by atoms with Crippen LogP contribution in [0.4, 0.5) is 0 Å². The Morgan fingerprint density at radius 2 is 1.60 bits per heavy atom. The molecule has 0 bridgehead atoms. The molecular formula is C25H25NO4. The minimum absolute atomic E-state index is 0.00691. The number of benzene rings is 3. The summed E-state index contributed by atoms with van der Waals surface area (Å²) in [6.45, 7) is 1.97. The zero-order valence-electron chi connectivity index (χ0n) is 16.9. The highest BCUT2D eigenvalue weighted by atomic mass is 16.5. The van der Waals surface area contributed by atoms with Crippen LogP contribution >= 0.6 is 0 Å². The van der Waals surface area contributed by atoms with Crippen LogP contribution in [0.3, 0.4) is 0 Å². The summed E-state index contributed by atoms with van der Waals surface area (Å²) in [5.74, 6) is -0.382. The quantitative estimate of drug-likeness (QED) is 0.420. The van der Waals surface area contributed by atoms with E-state index in [-0.39, 0.29) is 24.7 Å². The third-order valence-electron chi connectivity index (χ3n) is 4.83. The normalized spacial score (nSPS) is 11.6. The number of aryl methyl sites for hydroxylation is 1. The topological polar surface area (TPSA) is 75.6 Å². The van der Waals surface area contributed by atoms with Crippen LogP contribution < -0.4 is 5.32 Å². The largest absolute Gasteiger partial charge is 0.508 e. The van der Waals surface area contributed by atoms with Crippen molar-refractivity contribution in [3.05, 3.63) is 101 Å². The van der Waals surface area contributed by atoms with Crippen molar-refractivity contribution in [3.63, 3.8) is 0 Å². The second-order valence-corrected chi connectivity index (χ2v) is 7.14. The lowest BCUT2D eigenvalue weighted by atomic mass is 10.0. The van der Waals surface area contributed by atoms with Crippen molar-refractivity contribution in [1.82, 2.24) is 5.32 Å². The molecule has 0 saturated carbocycles. The Kier molecular flexibility index (Phi) is 7.35. The molecule has 5 heteroatoms. The molecule has 3 rings (SSSR count). The molecule has 154 valence electrons. The van der Waals surface area contributed by atoms with Gasteiger partial charge in [0.1, 0.15) is 18.4 Å². The first kappa shape index (κ1) is 21.3. The number of phenols is 1. The van der Waals surface area contributed by atoms with Gasteiger partial charge in [0.05, 0.1) is 6.54 Å². The standard InChI is InChI=1S/C25H25NO4/c1-18-12-13-20(15-23(18)27)14-22(25(29)30-17-19-8-4-2-5-9-19)26-16-24(28)21-10-6-3-7-11-21/h2-13,15,22,26-27H,14,16-17H2,1H3/t22-/m0/s1. The summed E-state index contributed by atoms with van der Waals surface area (Å²) in [7, 11) is 0. The Balaban J connectivity index is 1.68. The average Bonchev–Trinajstić information content (AvgIpc) is 2.78. The molecule has 1 atom stereocenters. The Morgan fingerprint density at radius 3 is 2.27 bits per heavy atom. The van der Waals surface area contributed by atoms with E-state index in [4.69, 9.17) is 4.74 Å². The molecule has 5 nitrogen and oxygen atoms in total. The highest BCUT2D eigenvalue weighted by Gasteiger charge is 2.22. The van der Waals surface area contributed by atoms with E-state index in [2.05, 4.69) is 5.32 Å².